The Labute approximate surface area is 120 Å². The average Bonchev–Trinajstić information content (AvgIpc) is 2.88. The molecule has 1 aromatic rings. The lowest BCUT2D eigenvalue weighted by Gasteiger charge is -2.35. The summed E-state index contributed by atoms with van der Waals surface area (Å²) in [5.74, 6) is 0.826. The Morgan fingerprint density at radius 2 is 1.89 bits per heavy atom. The number of aryl methyl sites for hydroxylation is 1. The lowest BCUT2D eigenvalue weighted by atomic mass is 9.76. The van der Waals surface area contributed by atoms with Crippen molar-refractivity contribution in [3.8, 4) is 5.75 Å². The third kappa shape index (κ3) is 2.15. The maximum atomic E-state index is 6.68. The molecule has 19 heavy (non-hydrogen) atoms. The fourth-order valence-corrected chi connectivity index (χ4v) is 4.09. The molecule has 1 saturated carbocycles. The van der Waals surface area contributed by atoms with Gasteiger partial charge in [0.15, 0.2) is 0 Å². The first-order valence-corrected chi connectivity index (χ1v) is 7.71. The Hall–Kier alpha value is -0.730. The van der Waals surface area contributed by atoms with Gasteiger partial charge in [-0.1, -0.05) is 30.9 Å². The standard InChI is InChI=1S/C16H22ClNO/c1-19-15-13(16(18)8-3-2-4-9-16)10-11-6-5-7-12(11)14(15)17/h10H,2-9,18H2,1H3. The summed E-state index contributed by atoms with van der Waals surface area (Å²) in [4.78, 5) is 0. The predicted molar refractivity (Wildman–Crippen MR) is 79.0 cm³/mol. The summed E-state index contributed by atoms with van der Waals surface area (Å²) in [6.45, 7) is 0. The van der Waals surface area contributed by atoms with Crippen molar-refractivity contribution in [2.45, 2.75) is 56.9 Å². The molecule has 2 aliphatic carbocycles. The average molecular weight is 280 g/mol. The maximum Gasteiger partial charge on any atom is 0.142 e. The quantitative estimate of drug-likeness (QED) is 0.889. The summed E-state index contributed by atoms with van der Waals surface area (Å²) in [7, 11) is 1.71. The first kappa shape index (κ1) is 13.3. The van der Waals surface area contributed by atoms with Gasteiger partial charge in [0.25, 0.3) is 0 Å². The number of methoxy groups -OCH3 is 1. The fraction of sp³-hybridized carbons (Fsp3) is 0.625. The van der Waals surface area contributed by atoms with Gasteiger partial charge in [0.05, 0.1) is 12.1 Å². The summed E-state index contributed by atoms with van der Waals surface area (Å²) in [6.07, 6.45) is 9.17. The van der Waals surface area contributed by atoms with Gasteiger partial charge < -0.3 is 10.5 Å². The van der Waals surface area contributed by atoms with Crippen LogP contribution in [-0.2, 0) is 18.4 Å². The van der Waals surface area contributed by atoms with E-state index in [1.165, 1.54) is 36.8 Å². The Bertz CT molecular complexity index is 492. The zero-order chi connectivity index (χ0) is 13.5. The van der Waals surface area contributed by atoms with Gasteiger partial charge in [0, 0.05) is 11.1 Å². The largest absolute Gasteiger partial charge is 0.495 e. The molecule has 0 amide bonds. The number of nitrogens with two attached hydrogens (primary N) is 1. The van der Waals surface area contributed by atoms with Crippen molar-refractivity contribution in [2.75, 3.05) is 7.11 Å². The molecule has 3 heteroatoms. The van der Waals surface area contributed by atoms with Gasteiger partial charge in [-0.25, -0.2) is 0 Å². The summed E-state index contributed by atoms with van der Waals surface area (Å²) >= 11 is 6.56. The number of rotatable bonds is 2. The Kier molecular flexibility index (Phi) is 3.48. The molecule has 0 bridgehead atoms. The number of hydrogen-bond donors (Lipinski definition) is 1. The van der Waals surface area contributed by atoms with Gasteiger partial charge in [-0.3, -0.25) is 0 Å². The topological polar surface area (TPSA) is 35.2 Å². The molecule has 1 fully saturated rings. The van der Waals surface area contributed by atoms with Crippen molar-refractivity contribution in [1.29, 1.82) is 0 Å². The van der Waals surface area contributed by atoms with Crippen LogP contribution in [-0.4, -0.2) is 7.11 Å². The summed E-state index contributed by atoms with van der Waals surface area (Å²) in [5.41, 5.74) is 10.2. The van der Waals surface area contributed by atoms with Crippen molar-refractivity contribution in [3.63, 3.8) is 0 Å². The van der Waals surface area contributed by atoms with Gasteiger partial charge >= 0.3 is 0 Å². The summed E-state index contributed by atoms with van der Waals surface area (Å²) in [6, 6.07) is 2.28. The van der Waals surface area contributed by atoms with Crippen molar-refractivity contribution >= 4 is 11.6 Å². The minimum absolute atomic E-state index is 0.245. The highest BCUT2D eigenvalue weighted by molar-refractivity contribution is 6.33. The van der Waals surface area contributed by atoms with Crippen LogP contribution in [0.5, 0.6) is 5.75 Å². The van der Waals surface area contributed by atoms with E-state index in [-0.39, 0.29) is 5.54 Å². The van der Waals surface area contributed by atoms with Gasteiger partial charge in [0.1, 0.15) is 5.75 Å². The number of benzene rings is 1. The van der Waals surface area contributed by atoms with E-state index in [1.54, 1.807) is 7.11 Å². The van der Waals surface area contributed by atoms with Gasteiger partial charge in [-0.15, -0.1) is 0 Å². The Morgan fingerprint density at radius 1 is 1.16 bits per heavy atom. The van der Waals surface area contributed by atoms with Crippen LogP contribution in [0.15, 0.2) is 6.07 Å². The molecule has 0 saturated heterocycles. The van der Waals surface area contributed by atoms with Crippen LogP contribution in [0.4, 0.5) is 0 Å². The lowest BCUT2D eigenvalue weighted by molar-refractivity contribution is 0.289. The molecule has 2 N–H and O–H groups in total. The first-order valence-electron chi connectivity index (χ1n) is 7.33. The minimum atomic E-state index is -0.245. The third-order valence-corrected chi connectivity index (χ3v) is 5.17. The van der Waals surface area contributed by atoms with Crippen LogP contribution in [0.25, 0.3) is 0 Å². The van der Waals surface area contributed by atoms with Crippen molar-refractivity contribution in [3.05, 3.63) is 27.8 Å². The van der Waals surface area contributed by atoms with Crippen LogP contribution >= 0.6 is 11.6 Å². The molecule has 0 radical (unpaired) electrons. The smallest absolute Gasteiger partial charge is 0.142 e. The van der Waals surface area contributed by atoms with Crippen LogP contribution in [0.1, 0.15) is 55.2 Å². The van der Waals surface area contributed by atoms with E-state index in [0.717, 1.165) is 42.0 Å². The Morgan fingerprint density at radius 3 is 2.58 bits per heavy atom. The highest BCUT2D eigenvalue weighted by Crippen LogP contribution is 2.46. The number of fused-ring (bicyclic) bond motifs is 1. The van der Waals surface area contributed by atoms with Crippen LogP contribution in [0, 0.1) is 0 Å². The minimum Gasteiger partial charge on any atom is -0.495 e. The highest BCUT2D eigenvalue weighted by atomic mass is 35.5. The molecule has 2 aliphatic rings. The lowest BCUT2D eigenvalue weighted by Crippen LogP contribution is -2.39. The molecule has 1 aromatic carbocycles. The zero-order valence-corrected chi connectivity index (χ0v) is 12.4. The van der Waals surface area contributed by atoms with Crippen LogP contribution in [0.3, 0.4) is 0 Å². The van der Waals surface area contributed by atoms with Crippen molar-refractivity contribution < 1.29 is 4.74 Å². The van der Waals surface area contributed by atoms with Crippen molar-refractivity contribution in [2.24, 2.45) is 5.73 Å². The maximum absolute atomic E-state index is 6.68. The normalized spacial score (nSPS) is 21.2. The van der Waals surface area contributed by atoms with Gasteiger partial charge in [0.2, 0.25) is 0 Å². The first-order chi connectivity index (χ1) is 9.15. The third-order valence-electron chi connectivity index (χ3n) is 4.77. The van der Waals surface area contributed by atoms with E-state index in [0.29, 0.717) is 0 Å². The summed E-state index contributed by atoms with van der Waals surface area (Å²) in [5, 5.41) is 0.808. The molecule has 0 heterocycles. The molecule has 0 spiro atoms. The predicted octanol–water partition coefficient (Wildman–Crippen LogP) is 3.96. The number of ether oxygens (including phenoxy) is 1. The molecule has 3 rings (SSSR count). The number of hydrogen-bond acceptors (Lipinski definition) is 2. The molecule has 0 unspecified atom stereocenters. The molecule has 2 nitrogen and oxygen atoms in total. The Balaban J connectivity index is 2.12. The zero-order valence-electron chi connectivity index (χ0n) is 11.6. The van der Waals surface area contributed by atoms with E-state index in [2.05, 4.69) is 6.07 Å². The molecular formula is C16H22ClNO. The second kappa shape index (κ2) is 4.99. The second-order valence-corrected chi connectivity index (χ2v) is 6.36. The summed E-state index contributed by atoms with van der Waals surface area (Å²) < 4.78 is 5.61. The van der Waals surface area contributed by atoms with E-state index in [4.69, 9.17) is 22.1 Å². The van der Waals surface area contributed by atoms with Gasteiger partial charge in [-0.05, 0) is 49.3 Å². The molecule has 0 aromatic heterocycles. The molecular weight excluding hydrogens is 258 g/mol. The second-order valence-electron chi connectivity index (χ2n) is 5.98. The van der Waals surface area contributed by atoms with Crippen molar-refractivity contribution in [1.82, 2.24) is 0 Å². The molecule has 104 valence electrons. The fourth-order valence-electron chi connectivity index (χ4n) is 3.69. The van der Waals surface area contributed by atoms with Crippen LogP contribution in [0.2, 0.25) is 5.02 Å². The van der Waals surface area contributed by atoms with E-state index in [9.17, 15) is 0 Å². The molecule has 0 aliphatic heterocycles. The van der Waals surface area contributed by atoms with Crippen LogP contribution < -0.4 is 10.5 Å². The van der Waals surface area contributed by atoms with Gasteiger partial charge in [-0.2, -0.15) is 0 Å². The monoisotopic (exact) mass is 279 g/mol. The number of halogens is 1. The highest BCUT2D eigenvalue weighted by Gasteiger charge is 2.35. The van der Waals surface area contributed by atoms with E-state index in [1.807, 2.05) is 0 Å². The SMILES string of the molecule is COc1c(C2(N)CCCCC2)cc2c(c1Cl)CCC2. The molecule has 0 atom stereocenters. The van der Waals surface area contributed by atoms with E-state index < -0.39 is 0 Å². The van der Waals surface area contributed by atoms with E-state index >= 15 is 0 Å².